The Kier molecular flexibility index (Phi) is 6.64. The van der Waals surface area contributed by atoms with Crippen LogP contribution in [0.4, 0.5) is 5.69 Å². The molecule has 0 fully saturated rings. The van der Waals surface area contributed by atoms with Crippen LogP contribution in [-0.4, -0.2) is 17.4 Å². The first-order valence-corrected chi connectivity index (χ1v) is 9.34. The van der Waals surface area contributed by atoms with E-state index in [1.807, 2.05) is 55.5 Å². The molecule has 1 amide bonds. The van der Waals surface area contributed by atoms with Gasteiger partial charge in [0.15, 0.2) is 0 Å². The molecule has 0 radical (unpaired) electrons. The Bertz CT molecular complexity index is 840. The molecule has 0 aliphatic carbocycles. The number of aryl methyl sites for hydroxylation is 1. The van der Waals surface area contributed by atoms with Gasteiger partial charge in [-0.3, -0.25) is 9.69 Å². The average Bonchev–Trinajstić information content (AvgIpc) is 2.66. The van der Waals surface area contributed by atoms with Crippen LogP contribution in [0.2, 0.25) is 5.02 Å². The molecule has 0 spiro atoms. The number of hydrogen-bond donors (Lipinski definition) is 1. The first kappa shape index (κ1) is 19.2. The van der Waals surface area contributed by atoms with E-state index in [1.165, 1.54) is 11.1 Å². The Hall–Kier alpha value is -2.62. The van der Waals surface area contributed by atoms with E-state index in [0.29, 0.717) is 24.7 Å². The molecule has 0 aliphatic rings. The maximum absolute atomic E-state index is 12.7. The highest BCUT2D eigenvalue weighted by molar-refractivity contribution is 6.31. The number of halogens is 1. The fourth-order valence-electron chi connectivity index (χ4n) is 2.97. The van der Waals surface area contributed by atoms with Crippen LogP contribution in [0.5, 0.6) is 0 Å². The molecule has 0 bridgehead atoms. The summed E-state index contributed by atoms with van der Waals surface area (Å²) in [5, 5.41) is 3.60. The van der Waals surface area contributed by atoms with Crippen molar-refractivity contribution >= 4 is 23.2 Å². The van der Waals surface area contributed by atoms with E-state index in [1.54, 1.807) is 6.07 Å². The first-order valence-electron chi connectivity index (χ1n) is 8.96. The lowest BCUT2D eigenvalue weighted by Crippen LogP contribution is -2.32. The van der Waals surface area contributed by atoms with Crippen LogP contribution in [0.15, 0.2) is 78.9 Å². The Balaban J connectivity index is 1.71. The Morgan fingerprint density at radius 3 is 2.00 bits per heavy atom. The van der Waals surface area contributed by atoms with E-state index in [-0.39, 0.29) is 5.91 Å². The number of carbonyl (C=O) groups is 1. The number of anilines is 1. The van der Waals surface area contributed by atoms with Gasteiger partial charge in [0.25, 0.3) is 0 Å². The Labute approximate surface area is 165 Å². The summed E-state index contributed by atoms with van der Waals surface area (Å²) in [6.45, 7) is 3.67. The second-order valence-corrected chi connectivity index (χ2v) is 7.06. The smallest absolute Gasteiger partial charge is 0.238 e. The maximum atomic E-state index is 12.7. The fraction of sp³-hybridized carbons (Fsp3) is 0.174. The van der Waals surface area contributed by atoms with Crippen LogP contribution < -0.4 is 5.32 Å². The summed E-state index contributed by atoms with van der Waals surface area (Å²) < 4.78 is 0. The number of amides is 1. The van der Waals surface area contributed by atoms with Crippen molar-refractivity contribution in [2.45, 2.75) is 20.0 Å². The van der Waals surface area contributed by atoms with Crippen LogP contribution in [-0.2, 0) is 17.9 Å². The lowest BCUT2D eigenvalue weighted by Gasteiger charge is -2.22. The first-order chi connectivity index (χ1) is 13.1. The summed E-state index contributed by atoms with van der Waals surface area (Å²) in [5.41, 5.74) is 4.11. The van der Waals surface area contributed by atoms with E-state index >= 15 is 0 Å². The van der Waals surface area contributed by atoms with Gasteiger partial charge in [0.05, 0.1) is 6.54 Å². The van der Waals surface area contributed by atoms with Crippen molar-refractivity contribution in [2.75, 3.05) is 11.9 Å². The van der Waals surface area contributed by atoms with Crippen molar-refractivity contribution < 1.29 is 4.79 Å². The van der Waals surface area contributed by atoms with Crippen molar-refractivity contribution in [2.24, 2.45) is 0 Å². The largest absolute Gasteiger partial charge is 0.325 e. The third kappa shape index (κ3) is 5.95. The molecular formula is C23H23ClN2O. The molecule has 0 saturated heterocycles. The van der Waals surface area contributed by atoms with Crippen LogP contribution in [0.1, 0.15) is 16.7 Å². The molecule has 0 unspecified atom stereocenters. The van der Waals surface area contributed by atoms with Crippen molar-refractivity contribution in [3.8, 4) is 0 Å². The van der Waals surface area contributed by atoms with Crippen LogP contribution >= 0.6 is 11.6 Å². The van der Waals surface area contributed by atoms with E-state index in [9.17, 15) is 4.79 Å². The molecule has 0 saturated carbocycles. The van der Waals surface area contributed by atoms with Gasteiger partial charge in [0.1, 0.15) is 0 Å². The maximum Gasteiger partial charge on any atom is 0.238 e. The molecule has 3 aromatic rings. The fourth-order valence-corrected chi connectivity index (χ4v) is 3.14. The monoisotopic (exact) mass is 378 g/mol. The molecule has 3 nitrogen and oxygen atoms in total. The number of rotatable bonds is 7. The zero-order chi connectivity index (χ0) is 19.1. The number of carbonyl (C=O) groups excluding carboxylic acids is 1. The van der Waals surface area contributed by atoms with E-state index in [0.717, 1.165) is 11.3 Å². The summed E-state index contributed by atoms with van der Waals surface area (Å²) >= 11 is 6.06. The van der Waals surface area contributed by atoms with Gasteiger partial charge in [-0.1, -0.05) is 78.3 Å². The lowest BCUT2D eigenvalue weighted by molar-refractivity contribution is -0.117. The number of nitrogens with one attached hydrogen (secondary N) is 1. The highest BCUT2D eigenvalue weighted by Gasteiger charge is 2.13. The second-order valence-electron chi connectivity index (χ2n) is 6.62. The highest BCUT2D eigenvalue weighted by atomic mass is 35.5. The topological polar surface area (TPSA) is 32.3 Å². The third-order valence-electron chi connectivity index (χ3n) is 4.34. The van der Waals surface area contributed by atoms with E-state index in [4.69, 9.17) is 11.6 Å². The van der Waals surface area contributed by atoms with Crippen LogP contribution in [0.3, 0.4) is 0 Å². The third-order valence-corrected chi connectivity index (χ3v) is 4.57. The lowest BCUT2D eigenvalue weighted by atomic mass is 10.1. The predicted molar refractivity (Wildman–Crippen MR) is 112 cm³/mol. The molecule has 0 aliphatic heterocycles. The summed E-state index contributed by atoms with van der Waals surface area (Å²) in [7, 11) is 0. The van der Waals surface area contributed by atoms with Crippen molar-refractivity contribution in [3.05, 3.63) is 101 Å². The van der Waals surface area contributed by atoms with E-state index < -0.39 is 0 Å². The highest BCUT2D eigenvalue weighted by Crippen LogP contribution is 2.20. The normalized spacial score (nSPS) is 10.8. The molecule has 0 aromatic heterocycles. The minimum Gasteiger partial charge on any atom is -0.325 e. The number of benzene rings is 3. The van der Waals surface area contributed by atoms with Crippen molar-refractivity contribution in [1.29, 1.82) is 0 Å². The summed E-state index contributed by atoms with van der Waals surface area (Å²) in [6, 6.07) is 25.9. The SMILES string of the molecule is Cc1ccc(Cl)cc1NC(=O)CN(Cc1ccccc1)Cc1ccccc1. The molecule has 27 heavy (non-hydrogen) atoms. The zero-order valence-corrected chi connectivity index (χ0v) is 16.1. The van der Waals surface area contributed by atoms with Gasteiger partial charge < -0.3 is 5.32 Å². The molecule has 0 heterocycles. The molecule has 1 N–H and O–H groups in total. The predicted octanol–water partition coefficient (Wildman–Crippen LogP) is 5.29. The molecule has 3 aromatic carbocycles. The zero-order valence-electron chi connectivity index (χ0n) is 15.4. The van der Waals surface area contributed by atoms with Gasteiger partial charge in [-0.15, -0.1) is 0 Å². The van der Waals surface area contributed by atoms with Gasteiger partial charge in [0.2, 0.25) is 5.91 Å². The standard InChI is InChI=1S/C23H23ClN2O/c1-18-12-13-21(24)14-22(18)25-23(27)17-26(15-19-8-4-2-5-9-19)16-20-10-6-3-7-11-20/h2-14H,15-17H2,1H3,(H,25,27). The Morgan fingerprint density at radius 2 is 1.44 bits per heavy atom. The number of nitrogens with zero attached hydrogens (tertiary/aromatic N) is 1. The molecule has 0 atom stereocenters. The minimum absolute atomic E-state index is 0.0489. The molecule has 138 valence electrons. The average molecular weight is 379 g/mol. The summed E-state index contributed by atoms with van der Waals surface area (Å²) in [6.07, 6.45) is 0. The molecule has 4 heteroatoms. The molecular weight excluding hydrogens is 356 g/mol. The van der Waals surface area contributed by atoms with Gasteiger partial charge in [-0.25, -0.2) is 0 Å². The van der Waals surface area contributed by atoms with E-state index in [2.05, 4.69) is 34.5 Å². The van der Waals surface area contributed by atoms with Crippen LogP contribution in [0, 0.1) is 6.92 Å². The Morgan fingerprint density at radius 1 is 0.889 bits per heavy atom. The summed E-state index contributed by atoms with van der Waals surface area (Å²) in [4.78, 5) is 14.8. The quantitative estimate of drug-likeness (QED) is 0.605. The second kappa shape index (κ2) is 9.36. The van der Waals surface area contributed by atoms with Gasteiger partial charge in [-0.2, -0.15) is 0 Å². The molecule has 3 rings (SSSR count). The van der Waals surface area contributed by atoms with Crippen LogP contribution in [0.25, 0.3) is 0 Å². The van der Waals surface area contributed by atoms with Gasteiger partial charge >= 0.3 is 0 Å². The summed E-state index contributed by atoms with van der Waals surface area (Å²) in [5.74, 6) is -0.0489. The minimum atomic E-state index is -0.0489. The van der Waals surface area contributed by atoms with Crippen molar-refractivity contribution in [3.63, 3.8) is 0 Å². The van der Waals surface area contributed by atoms with Gasteiger partial charge in [0, 0.05) is 23.8 Å². The number of hydrogen-bond acceptors (Lipinski definition) is 2. The van der Waals surface area contributed by atoms with Gasteiger partial charge in [-0.05, 0) is 35.7 Å². The van der Waals surface area contributed by atoms with Crippen molar-refractivity contribution in [1.82, 2.24) is 4.90 Å².